The molecule has 7 nitrogen and oxygen atoms in total. The molecule has 4 rings (SSSR count). The molecular formula is C25H30N4O3. The van der Waals surface area contributed by atoms with Gasteiger partial charge in [0.15, 0.2) is 0 Å². The van der Waals surface area contributed by atoms with Gasteiger partial charge in [0.05, 0.1) is 12.3 Å². The molecule has 0 saturated carbocycles. The van der Waals surface area contributed by atoms with Gasteiger partial charge in [-0.1, -0.05) is 30.3 Å². The van der Waals surface area contributed by atoms with Crippen molar-refractivity contribution in [2.75, 3.05) is 18.5 Å². The highest BCUT2D eigenvalue weighted by Gasteiger charge is 2.24. The van der Waals surface area contributed by atoms with Crippen LogP contribution < -0.4 is 10.6 Å². The van der Waals surface area contributed by atoms with E-state index >= 15 is 0 Å². The van der Waals surface area contributed by atoms with Crippen molar-refractivity contribution in [2.45, 2.75) is 45.8 Å². The van der Waals surface area contributed by atoms with Gasteiger partial charge in [0, 0.05) is 30.4 Å². The van der Waals surface area contributed by atoms with E-state index in [1.165, 1.54) is 5.56 Å². The Morgan fingerprint density at radius 1 is 1.19 bits per heavy atom. The first-order valence-corrected chi connectivity index (χ1v) is 11.0. The minimum Gasteiger partial charge on any atom is -0.441 e. The Morgan fingerprint density at radius 2 is 2.00 bits per heavy atom. The fourth-order valence-electron chi connectivity index (χ4n) is 4.09. The average Bonchev–Trinajstić information content (AvgIpc) is 3.39. The van der Waals surface area contributed by atoms with E-state index in [-0.39, 0.29) is 18.7 Å². The molecule has 0 spiro atoms. The summed E-state index contributed by atoms with van der Waals surface area (Å²) in [6, 6.07) is 15.5. The van der Waals surface area contributed by atoms with E-state index in [2.05, 4.69) is 26.6 Å². The fourth-order valence-corrected chi connectivity index (χ4v) is 4.09. The summed E-state index contributed by atoms with van der Waals surface area (Å²) in [7, 11) is 0. The van der Waals surface area contributed by atoms with Crippen LogP contribution in [0, 0.1) is 13.8 Å². The number of anilines is 1. The predicted octanol–water partition coefficient (Wildman–Crippen LogP) is 4.24. The van der Waals surface area contributed by atoms with Crippen molar-refractivity contribution in [3.05, 3.63) is 71.1 Å². The maximum absolute atomic E-state index is 12.5. The van der Waals surface area contributed by atoms with E-state index in [1.807, 2.05) is 56.3 Å². The maximum atomic E-state index is 12.5. The van der Waals surface area contributed by atoms with Crippen LogP contribution >= 0.6 is 0 Å². The van der Waals surface area contributed by atoms with Gasteiger partial charge in [-0.25, -0.2) is 9.78 Å². The first-order valence-electron chi connectivity index (χ1n) is 11.0. The Morgan fingerprint density at radius 3 is 2.75 bits per heavy atom. The lowest BCUT2D eigenvalue weighted by Gasteiger charge is -2.24. The zero-order valence-electron chi connectivity index (χ0n) is 18.6. The van der Waals surface area contributed by atoms with Crippen LogP contribution in [0.3, 0.4) is 0 Å². The highest BCUT2D eigenvalue weighted by Crippen LogP contribution is 2.24. The molecule has 2 heterocycles. The van der Waals surface area contributed by atoms with Crippen LogP contribution in [0.1, 0.15) is 35.4 Å². The van der Waals surface area contributed by atoms with Gasteiger partial charge in [-0.05, 0) is 62.6 Å². The number of aliphatic hydroxyl groups excluding tert-OH is 1. The second-order valence-electron chi connectivity index (χ2n) is 8.27. The Kier molecular flexibility index (Phi) is 6.87. The third kappa shape index (κ3) is 5.18. The van der Waals surface area contributed by atoms with E-state index in [4.69, 9.17) is 4.42 Å². The highest BCUT2D eigenvalue weighted by molar-refractivity contribution is 5.89. The van der Waals surface area contributed by atoms with Crippen molar-refractivity contribution in [1.82, 2.24) is 15.2 Å². The molecule has 1 aliphatic heterocycles. The number of likely N-dealkylation sites (tertiary alicyclic amines) is 1. The molecule has 0 aliphatic carbocycles. The molecule has 2 amide bonds. The zero-order valence-corrected chi connectivity index (χ0v) is 18.6. The van der Waals surface area contributed by atoms with Gasteiger partial charge in [-0.2, -0.15) is 0 Å². The summed E-state index contributed by atoms with van der Waals surface area (Å²) in [6.07, 6.45) is 2.14. The molecule has 1 aromatic heterocycles. The highest BCUT2D eigenvalue weighted by atomic mass is 16.4. The van der Waals surface area contributed by atoms with E-state index in [1.54, 1.807) is 0 Å². The number of hydrogen-bond acceptors (Lipinski definition) is 5. The summed E-state index contributed by atoms with van der Waals surface area (Å²) in [5, 5.41) is 15.4. The standard InChI is InChI=1S/C25H30N4O3/c1-17-18(2)32-24(27-17)19-9-5-10-22(13-19)28-25(31)26-14-20-7-3-4-8-21(20)15-29-12-6-11-23(29)16-30/h3-5,7-10,13,23,30H,6,11-12,14-16H2,1-2H3,(H2,26,28,31)/t23-/m1/s1. The van der Waals surface area contributed by atoms with Crippen LogP contribution in [0.15, 0.2) is 52.9 Å². The first-order chi connectivity index (χ1) is 15.5. The molecule has 32 heavy (non-hydrogen) atoms. The number of aryl methyl sites for hydroxylation is 2. The number of urea groups is 1. The number of rotatable bonds is 7. The molecule has 1 atom stereocenters. The number of aliphatic hydroxyl groups is 1. The number of aromatic nitrogens is 1. The van der Waals surface area contributed by atoms with Gasteiger partial charge in [0.1, 0.15) is 5.76 Å². The van der Waals surface area contributed by atoms with E-state index in [0.29, 0.717) is 18.1 Å². The number of nitrogens with zero attached hydrogens (tertiary/aromatic N) is 2. The van der Waals surface area contributed by atoms with Gasteiger partial charge in [-0.15, -0.1) is 0 Å². The molecule has 168 valence electrons. The summed E-state index contributed by atoms with van der Waals surface area (Å²) in [5.74, 6) is 1.33. The summed E-state index contributed by atoms with van der Waals surface area (Å²) in [5.41, 5.74) is 4.59. The van der Waals surface area contributed by atoms with Gasteiger partial charge in [0.2, 0.25) is 5.89 Å². The smallest absolute Gasteiger partial charge is 0.319 e. The SMILES string of the molecule is Cc1nc(-c2cccc(NC(=O)NCc3ccccc3CN3CCC[C@@H]3CO)c2)oc1C. The number of oxazole rings is 1. The minimum absolute atomic E-state index is 0.189. The number of carbonyl (C=O) groups excluding carboxylic acids is 1. The van der Waals surface area contributed by atoms with Crippen molar-refractivity contribution in [1.29, 1.82) is 0 Å². The molecule has 0 unspecified atom stereocenters. The van der Waals surface area contributed by atoms with Crippen molar-refractivity contribution >= 4 is 11.7 Å². The van der Waals surface area contributed by atoms with Gasteiger partial charge < -0.3 is 20.2 Å². The molecule has 2 aromatic carbocycles. The van der Waals surface area contributed by atoms with Crippen molar-refractivity contribution < 1.29 is 14.3 Å². The van der Waals surface area contributed by atoms with Crippen LogP contribution in [0.25, 0.3) is 11.5 Å². The van der Waals surface area contributed by atoms with E-state index in [9.17, 15) is 9.90 Å². The van der Waals surface area contributed by atoms with Crippen molar-refractivity contribution in [3.63, 3.8) is 0 Å². The molecule has 1 saturated heterocycles. The van der Waals surface area contributed by atoms with Gasteiger partial charge in [-0.3, -0.25) is 4.90 Å². The third-order valence-corrected chi connectivity index (χ3v) is 6.04. The Balaban J connectivity index is 1.37. The van der Waals surface area contributed by atoms with Gasteiger partial charge >= 0.3 is 6.03 Å². The van der Waals surface area contributed by atoms with Crippen molar-refractivity contribution in [3.8, 4) is 11.5 Å². The summed E-state index contributed by atoms with van der Waals surface area (Å²) in [4.78, 5) is 19.3. The minimum atomic E-state index is -0.272. The van der Waals surface area contributed by atoms with Gasteiger partial charge in [0.25, 0.3) is 0 Å². The summed E-state index contributed by atoms with van der Waals surface area (Å²) in [6.45, 7) is 6.18. The fraction of sp³-hybridized carbons (Fsp3) is 0.360. The normalized spacial score (nSPS) is 16.3. The molecule has 3 N–H and O–H groups in total. The number of nitrogens with one attached hydrogen (secondary N) is 2. The average molecular weight is 435 g/mol. The van der Waals surface area contributed by atoms with Crippen molar-refractivity contribution in [2.24, 2.45) is 0 Å². The van der Waals surface area contributed by atoms with Crippen LogP contribution in [0.4, 0.5) is 10.5 Å². The van der Waals surface area contributed by atoms with E-state index in [0.717, 1.165) is 48.5 Å². The maximum Gasteiger partial charge on any atom is 0.319 e. The summed E-state index contributed by atoms with van der Waals surface area (Å²) >= 11 is 0. The number of carbonyl (C=O) groups is 1. The lowest BCUT2D eigenvalue weighted by atomic mass is 10.1. The molecular weight excluding hydrogens is 404 g/mol. The largest absolute Gasteiger partial charge is 0.441 e. The van der Waals surface area contributed by atoms with Crippen LogP contribution in [-0.4, -0.2) is 40.2 Å². The van der Waals surface area contributed by atoms with Crippen LogP contribution in [0.2, 0.25) is 0 Å². The topological polar surface area (TPSA) is 90.6 Å². The molecule has 1 aliphatic rings. The first kappa shape index (κ1) is 22.0. The number of benzene rings is 2. The van der Waals surface area contributed by atoms with E-state index < -0.39 is 0 Å². The molecule has 0 radical (unpaired) electrons. The monoisotopic (exact) mass is 434 g/mol. The lowest BCUT2D eigenvalue weighted by molar-refractivity contribution is 0.153. The summed E-state index contributed by atoms with van der Waals surface area (Å²) < 4.78 is 5.69. The molecule has 1 fully saturated rings. The zero-order chi connectivity index (χ0) is 22.5. The molecule has 3 aromatic rings. The second kappa shape index (κ2) is 9.97. The third-order valence-electron chi connectivity index (χ3n) is 6.04. The Bertz CT molecular complexity index is 1060. The van der Waals surface area contributed by atoms with Crippen LogP contribution in [-0.2, 0) is 13.1 Å². The second-order valence-corrected chi connectivity index (χ2v) is 8.27. The Labute approximate surface area is 188 Å². The molecule has 7 heteroatoms. The number of hydrogen-bond donors (Lipinski definition) is 3. The quantitative estimate of drug-likeness (QED) is 0.518. The number of amides is 2. The lowest BCUT2D eigenvalue weighted by Crippen LogP contribution is -2.32. The molecule has 0 bridgehead atoms. The Hall–Kier alpha value is -3.16. The predicted molar refractivity (Wildman–Crippen MR) is 124 cm³/mol. The van der Waals surface area contributed by atoms with Crippen LogP contribution in [0.5, 0.6) is 0 Å².